The molecule has 0 saturated carbocycles. The maximum atomic E-state index is 13.0. The van der Waals surface area contributed by atoms with Crippen LogP contribution in [0.2, 0.25) is 0 Å². The second kappa shape index (κ2) is 11.6. The van der Waals surface area contributed by atoms with E-state index in [0.29, 0.717) is 42.8 Å². The largest absolute Gasteiger partial charge is 0.493 e. The SMILES string of the molecule is C=C(CCCc1ccc(NC(=O)c2ccc(C(F)(F)F)nc2C)cc1C(=C)Nc1ccc2c(c1)CCO2)C(N)=O. The van der Waals surface area contributed by atoms with Gasteiger partial charge in [0.1, 0.15) is 11.4 Å². The fourth-order valence-corrected chi connectivity index (χ4v) is 4.43. The summed E-state index contributed by atoms with van der Waals surface area (Å²) in [6.45, 7) is 9.90. The van der Waals surface area contributed by atoms with E-state index in [4.69, 9.17) is 10.5 Å². The van der Waals surface area contributed by atoms with Gasteiger partial charge < -0.3 is 21.1 Å². The highest BCUT2D eigenvalue weighted by atomic mass is 19.4. The predicted molar refractivity (Wildman–Crippen MR) is 148 cm³/mol. The molecule has 0 bridgehead atoms. The number of hydrogen-bond donors (Lipinski definition) is 3. The summed E-state index contributed by atoms with van der Waals surface area (Å²) in [5.41, 5.74) is 9.11. The van der Waals surface area contributed by atoms with Crippen molar-refractivity contribution >= 4 is 28.9 Å². The second-order valence-electron chi connectivity index (χ2n) is 9.50. The molecular formula is C30H29F3N4O3. The number of halogens is 3. The van der Waals surface area contributed by atoms with Crippen molar-refractivity contribution in [3.05, 3.63) is 101 Å². The number of primary amides is 1. The minimum absolute atomic E-state index is 0.0286. The first-order valence-electron chi connectivity index (χ1n) is 12.6. The van der Waals surface area contributed by atoms with Gasteiger partial charge in [0.05, 0.1) is 17.9 Å². The van der Waals surface area contributed by atoms with E-state index in [-0.39, 0.29) is 11.3 Å². The number of nitrogens with one attached hydrogen (secondary N) is 2. The molecule has 2 aromatic carbocycles. The molecule has 208 valence electrons. The van der Waals surface area contributed by atoms with Crippen molar-refractivity contribution in [1.82, 2.24) is 4.98 Å². The number of ether oxygens (including phenoxy) is 1. The number of aromatic nitrogens is 1. The number of pyridine rings is 1. The number of amides is 2. The molecule has 0 fully saturated rings. The summed E-state index contributed by atoms with van der Waals surface area (Å²) < 4.78 is 44.5. The number of hydrogen-bond acceptors (Lipinski definition) is 5. The normalized spacial score (nSPS) is 12.3. The van der Waals surface area contributed by atoms with Crippen molar-refractivity contribution in [3.63, 3.8) is 0 Å². The Bertz CT molecular complexity index is 1500. The number of anilines is 2. The summed E-state index contributed by atoms with van der Waals surface area (Å²) in [6.07, 6.45) is -2.17. The summed E-state index contributed by atoms with van der Waals surface area (Å²) in [7, 11) is 0. The third kappa shape index (κ3) is 6.69. The highest BCUT2D eigenvalue weighted by Gasteiger charge is 2.33. The highest BCUT2D eigenvalue weighted by Crippen LogP contribution is 2.31. The van der Waals surface area contributed by atoms with Gasteiger partial charge in [-0.15, -0.1) is 0 Å². The van der Waals surface area contributed by atoms with E-state index in [1.54, 1.807) is 12.1 Å². The lowest BCUT2D eigenvalue weighted by molar-refractivity contribution is -0.141. The molecule has 10 heteroatoms. The van der Waals surface area contributed by atoms with Gasteiger partial charge in [-0.2, -0.15) is 13.2 Å². The first-order chi connectivity index (χ1) is 18.9. The molecule has 4 rings (SSSR count). The van der Waals surface area contributed by atoms with Crippen LogP contribution in [0.25, 0.3) is 5.70 Å². The third-order valence-corrected chi connectivity index (χ3v) is 6.57. The number of carbonyl (C=O) groups is 2. The molecule has 2 heterocycles. The number of nitrogens with zero attached hydrogens (tertiary/aromatic N) is 1. The van der Waals surface area contributed by atoms with E-state index in [1.165, 1.54) is 6.92 Å². The average Bonchev–Trinajstić information content (AvgIpc) is 3.36. The number of rotatable bonds is 10. The third-order valence-electron chi connectivity index (χ3n) is 6.57. The molecule has 0 unspecified atom stereocenters. The van der Waals surface area contributed by atoms with Gasteiger partial charge in [0.25, 0.3) is 5.91 Å². The van der Waals surface area contributed by atoms with Crippen molar-refractivity contribution in [2.75, 3.05) is 17.2 Å². The van der Waals surface area contributed by atoms with Crippen LogP contribution in [0.3, 0.4) is 0 Å². The van der Waals surface area contributed by atoms with E-state index < -0.39 is 23.7 Å². The maximum Gasteiger partial charge on any atom is 0.433 e. The molecule has 0 atom stereocenters. The fraction of sp³-hybridized carbons (Fsp3) is 0.233. The Hall–Kier alpha value is -4.60. The topological polar surface area (TPSA) is 106 Å². The monoisotopic (exact) mass is 550 g/mol. The van der Waals surface area contributed by atoms with E-state index in [9.17, 15) is 22.8 Å². The van der Waals surface area contributed by atoms with Crippen LogP contribution in [0, 0.1) is 6.92 Å². The van der Waals surface area contributed by atoms with Crippen LogP contribution in [0.1, 0.15) is 51.3 Å². The van der Waals surface area contributed by atoms with E-state index in [0.717, 1.165) is 46.7 Å². The molecule has 0 radical (unpaired) electrons. The summed E-state index contributed by atoms with van der Waals surface area (Å²) in [6, 6.07) is 12.9. The zero-order valence-electron chi connectivity index (χ0n) is 22.0. The molecule has 7 nitrogen and oxygen atoms in total. The predicted octanol–water partition coefficient (Wildman–Crippen LogP) is 6.04. The van der Waals surface area contributed by atoms with Gasteiger partial charge in [0, 0.05) is 34.6 Å². The van der Waals surface area contributed by atoms with Gasteiger partial charge in [0.2, 0.25) is 5.91 Å². The van der Waals surface area contributed by atoms with Gasteiger partial charge >= 0.3 is 6.18 Å². The molecule has 1 aliphatic rings. The molecule has 1 aromatic heterocycles. The van der Waals surface area contributed by atoms with Crippen LogP contribution in [0.15, 0.2) is 67.3 Å². The second-order valence-corrected chi connectivity index (χ2v) is 9.50. The smallest absolute Gasteiger partial charge is 0.433 e. The summed E-state index contributed by atoms with van der Waals surface area (Å²) in [5, 5.41) is 6.06. The fourth-order valence-electron chi connectivity index (χ4n) is 4.43. The van der Waals surface area contributed by atoms with Gasteiger partial charge in [-0.1, -0.05) is 19.2 Å². The van der Waals surface area contributed by atoms with Crippen molar-refractivity contribution in [2.45, 2.75) is 38.8 Å². The lowest BCUT2D eigenvalue weighted by atomic mass is 9.97. The standard InChI is InChI=1S/C30H29F3N4O3/c1-17(28(34)38)5-4-6-20-7-8-23(37-29(39)24-10-12-27(30(31,32)33)36-18(24)2)16-25(20)19(3)35-22-9-11-26-21(15-22)13-14-40-26/h7-12,15-16,35H,1,3-6,13-14H2,2H3,(H2,34,38)(H,37,39). The van der Waals surface area contributed by atoms with Crippen LogP contribution < -0.4 is 21.1 Å². The number of alkyl halides is 3. The van der Waals surface area contributed by atoms with Gasteiger partial charge in [-0.25, -0.2) is 4.98 Å². The van der Waals surface area contributed by atoms with E-state index in [2.05, 4.69) is 28.8 Å². The van der Waals surface area contributed by atoms with Crippen molar-refractivity contribution in [1.29, 1.82) is 0 Å². The van der Waals surface area contributed by atoms with E-state index in [1.807, 2.05) is 24.3 Å². The first kappa shape index (κ1) is 28.4. The number of nitrogens with two attached hydrogens (primary N) is 1. The number of carbonyl (C=O) groups excluding carboxylic acids is 2. The molecule has 0 spiro atoms. The Kier molecular flexibility index (Phi) is 8.27. The van der Waals surface area contributed by atoms with Gasteiger partial charge in [0.15, 0.2) is 0 Å². The lowest BCUT2D eigenvalue weighted by Crippen LogP contribution is -2.17. The van der Waals surface area contributed by atoms with Crippen LogP contribution in [0.5, 0.6) is 5.75 Å². The van der Waals surface area contributed by atoms with E-state index >= 15 is 0 Å². The Labute approximate surface area is 229 Å². The molecule has 4 N–H and O–H groups in total. The summed E-state index contributed by atoms with van der Waals surface area (Å²) >= 11 is 0. The zero-order valence-corrected chi connectivity index (χ0v) is 22.0. The summed E-state index contributed by atoms with van der Waals surface area (Å²) in [5.74, 6) is -0.283. The van der Waals surface area contributed by atoms with Crippen LogP contribution in [-0.2, 0) is 23.8 Å². The Morgan fingerprint density at radius 2 is 1.75 bits per heavy atom. The maximum absolute atomic E-state index is 13.0. The number of aryl methyl sites for hydroxylation is 2. The molecule has 2 amide bonds. The average molecular weight is 551 g/mol. The highest BCUT2D eigenvalue weighted by molar-refractivity contribution is 6.05. The van der Waals surface area contributed by atoms with Crippen LogP contribution in [0.4, 0.5) is 24.5 Å². The molecule has 0 saturated heterocycles. The van der Waals surface area contributed by atoms with Crippen molar-refractivity contribution < 1.29 is 27.5 Å². The van der Waals surface area contributed by atoms with Crippen LogP contribution >= 0.6 is 0 Å². The number of benzene rings is 2. The van der Waals surface area contributed by atoms with Crippen LogP contribution in [-0.4, -0.2) is 23.4 Å². The minimum Gasteiger partial charge on any atom is -0.493 e. The lowest BCUT2D eigenvalue weighted by Gasteiger charge is -2.17. The molecular weight excluding hydrogens is 521 g/mol. The molecule has 1 aliphatic heterocycles. The Morgan fingerprint density at radius 3 is 2.45 bits per heavy atom. The Balaban J connectivity index is 1.57. The molecule has 0 aliphatic carbocycles. The zero-order chi connectivity index (χ0) is 29.0. The first-order valence-corrected chi connectivity index (χ1v) is 12.6. The quantitative estimate of drug-likeness (QED) is 0.267. The molecule has 40 heavy (non-hydrogen) atoms. The Morgan fingerprint density at radius 1 is 1.02 bits per heavy atom. The van der Waals surface area contributed by atoms with Gasteiger partial charge in [-0.05, 0) is 79.8 Å². The van der Waals surface area contributed by atoms with Crippen molar-refractivity contribution in [2.24, 2.45) is 5.73 Å². The molecule has 3 aromatic rings. The summed E-state index contributed by atoms with van der Waals surface area (Å²) in [4.78, 5) is 27.8. The van der Waals surface area contributed by atoms with Gasteiger partial charge in [-0.3, -0.25) is 9.59 Å². The number of fused-ring (bicyclic) bond motifs is 1. The minimum atomic E-state index is -4.60. The van der Waals surface area contributed by atoms with Crippen molar-refractivity contribution in [3.8, 4) is 5.75 Å².